The van der Waals surface area contributed by atoms with E-state index in [0.717, 1.165) is 28.1 Å². The molecule has 0 unspecified atom stereocenters. The van der Waals surface area contributed by atoms with Gasteiger partial charge in [-0.3, -0.25) is 0 Å². The summed E-state index contributed by atoms with van der Waals surface area (Å²) < 4.78 is 0. The number of aromatic nitrogens is 1. The van der Waals surface area contributed by atoms with Gasteiger partial charge in [0.2, 0.25) is 0 Å². The molecule has 0 saturated heterocycles. The van der Waals surface area contributed by atoms with Crippen molar-refractivity contribution in [1.82, 2.24) is 4.98 Å². The van der Waals surface area contributed by atoms with Crippen LogP contribution >= 0.6 is 0 Å². The van der Waals surface area contributed by atoms with Crippen LogP contribution in [0.4, 0.5) is 0 Å². The van der Waals surface area contributed by atoms with Crippen LogP contribution in [0.25, 0.3) is 88.9 Å². The molecule has 8 aromatic rings. The number of benzene rings is 7. The first-order chi connectivity index (χ1) is 22.8. The summed E-state index contributed by atoms with van der Waals surface area (Å²) in [6.07, 6.45) is 0. The van der Waals surface area contributed by atoms with Crippen molar-refractivity contribution in [3.05, 3.63) is 176 Å². The second kappa shape index (κ2) is 10.8. The molecule has 1 heterocycles. The Morgan fingerprint density at radius 3 is 1.26 bits per heavy atom. The highest BCUT2D eigenvalue weighted by Crippen LogP contribution is 2.56. The summed E-state index contributed by atoms with van der Waals surface area (Å²) in [5, 5.41) is 2.56. The highest BCUT2D eigenvalue weighted by Gasteiger charge is 2.31. The molecule has 1 nitrogen and oxygen atoms in total. The summed E-state index contributed by atoms with van der Waals surface area (Å²) >= 11 is 0. The van der Waals surface area contributed by atoms with E-state index in [9.17, 15) is 0 Å². The number of pyridine rings is 1. The van der Waals surface area contributed by atoms with Crippen LogP contribution in [0.2, 0.25) is 0 Å². The van der Waals surface area contributed by atoms with E-state index in [1.54, 1.807) is 0 Å². The third-order valence-electron chi connectivity index (χ3n) is 9.17. The quantitative estimate of drug-likeness (QED) is 0.196. The van der Waals surface area contributed by atoms with Gasteiger partial charge in [0.05, 0.1) is 11.4 Å². The van der Waals surface area contributed by atoms with E-state index < -0.39 is 0 Å². The van der Waals surface area contributed by atoms with Crippen LogP contribution < -0.4 is 0 Å². The largest absolute Gasteiger partial charge is 0.246 e. The lowest BCUT2D eigenvalue weighted by atomic mass is 9.86. The molecule has 0 bridgehead atoms. The van der Waals surface area contributed by atoms with Crippen molar-refractivity contribution >= 4 is 10.8 Å². The van der Waals surface area contributed by atoms with Gasteiger partial charge in [-0.05, 0) is 67.9 Å². The molecule has 9 rings (SSSR count). The van der Waals surface area contributed by atoms with E-state index >= 15 is 0 Å². The predicted octanol–water partition coefficient (Wildman–Crippen LogP) is 12.2. The highest BCUT2D eigenvalue weighted by atomic mass is 14.7. The minimum Gasteiger partial charge on any atom is -0.246 e. The van der Waals surface area contributed by atoms with Crippen molar-refractivity contribution in [3.63, 3.8) is 0 Å². The number of hydrogen-bond donors (Lipinski definition) is 0. The zero-order chi connectivity index (χ0) is 30.5. The number of rotatable bonds is 5. The van der Waals surface area contributed by atoms with Crippen molar-refractivity contribution in [1.29, 1.82) is 0 Å². The minimum atomic E-state index is 0.989. The lowest BCUT2D eigenvalue weighted by molar-refractivity contribution is 1.33. The second-order valence-corrected chi connectivity index (χ2v) is 11.9. The average molecular weight is 584 g/mol. The molecule has 1 heteroatoms. The van der Waals surface area contributed by atoms with Gasteiger partial charge >= 0.3 is 0 Å². The number of fused-ring (bicyclic) bond motifs is 3. The molecule has 0 atom stereocenters. The Balaban J connectivity index is 1.44. The Kier molecular flexibility index (Phi) is 6.21. The molecule has 214 valence electrons. The summed E-state index contributed by atoms with van der Waals surface area (Å²) in [5.74, 6) is 0. The molecule has 0 fully saturated rings. The van der Waals surface area contributed by atoms with Gasteiger partial charge in [0.15, 0.2) is 0 Å². The van der Waals surface area contributed by atoms with E-state index in [1.165, 1.54) is 60.8 Å². The lowest BCUT2D eigenvalue weighted by Gasteiger charge is -2.20. The first-order valence-corrected chi connectivity index (χ1v) is 15.8. The van der Waals surface area contributed by atoms with Crippen molar-refractivity contribution in [2.24, 2.45) is 0 Å². The van der Waals surface area contributed by atoms with Crippen LogP contribution in [0, 0.1) is 0 Å². The third-order valence-corrected chi connectivity index (χ3v) is 9.17. The summed E-state index contributed by atoms with van der Waals surface area (Å²) in [4.78, 5) is 5.70. The van der Waals surface area contributed by atoms with E-state index in [-0.39, 0.29) is 0 Å². The standard InChI is InChI=1S/C45H29N/c1-5-15-30(16-6-1)35-27-36(31-17-7-2-8-18-31)29-37(28-35)45-41(33-19-9-3-10-20-33)42-38-25-13-23-32-24-14-26-39(40(32)38)43(42)44(46-45)34-21-11-4-12-22-34/h1-29H. The van der Waals surface area contributed by atoms with Crippen LogP contribution in [0.3, 0.4) is 0 Å². The van der Waals surface area contributed by atoms with E-state index in [0.29, 0.717) is 0 Å². The molecular weight excluding hydrogens is 555 g/mol. The normalized spacial score (nSPS) is 11.5. The topological polar surface area (TPSA) is 12.9 Å². The van der Waals surface area contributed by atoms with Crippen molar-refractivity contribution < 1.29 is 0 Å². The third kappa shape index (κ3) is 4.29. The molecule has 1 aliphatic carbocycles. The highest BCUT2D eigenvalue weighted by molar-refractivity contribution is 6.21. The maximum Gasteiger partial charge on any atom is 0.0795 e. The van der Waals surface area contributed by atoms with Crippen LogP contribution in [-0.4, -0.2) is 4.98 Å². The minimum absolute atomic E-state index is 0.989. The van der Waals surface area contributed by atoms with Crippen LogP contribution in [0.15, 0.2) is 176 Å². The van der Waals surface area contributed by atoms with E-state index in [4.69, 9.17) is 4.98 Å². The molecule has 0 radical (unpaired) electrons. The van der Waals surface area contributed by atoms with E-state index in [1.807, 2.05) is 0 Å². The molecule has 0 amide bonds. The van der Waals surface area contributed by atoms with Gasteiger partial charge in [-0.1, -0.05) is 158 Å². The number of hydrogen-bond acceptors (Lipinski definition) is 1. The van der Waals surface area contributed by atoms with Crippen molar-refractivity contribution in [2.75, 3.05) is 0 Å². The first kappa shape index (κ1) is 26.4. The van der Waals surface area contributed by atoms with Gasteiger partial charge in [0.25, 0.3) is 0 Å². The summed E-state index contributed by atoms with van der Waals surface area (Å²) in [6.45, 7) is 0. The van der Waals surface area contributed by atoms with Gasteiger partial charge in [0.1, 0.15) is 0 Å². The Labute approximate surface area is 269 Å². The lowest BCUT2D eigenvalue weighted by Crippen LogP contribution is -1.99. The SMILES string of the molecule is c1ccc(-c2cc(-c3ccccc3)cc(-c3nc(-c4ccccc4)c4c(c3-c3ccccc3)-c3cccc5cccc-4c35)c2)cc1. The molecule has 0 aliphatic heterocycles. The fraction of sp³-hybridized carbons (Fsp3) is 0. The smallest absolute Gasteiger partial charge is 0.0795 e. The monoisotopic (exact) mass is 583 g/mol. The van der Waals surface area contributed by atoms with Crippen LogP contribution in [0.1, 0.15) is 0 Å². The zero-order valence-electron chi connectivity index (χ0n) is 25.2. The number of nitrogens with zero attached hydrogens (tertiary/aromatic N) is 1. The molecule has 7 aromatic carbocycles. The molecular formula is C45H29N. The molecule has 1 aliphatic rings. The van der Waals surface area contributed by atoms with Crippen LogP contribution in [-0.2, 0) is 0 Å². The summed E-state index contributed by atoms with van der Waals surface area (Å²) in [7, 11) is 0. The van der Waals surface area contributed by atoms with Gasteiger partial charge in [-0.25, -0.2) is 4.98 Å². The molecule has 0 spiro atoms. The van der Waals surface area contributed by atoms with Gasteiger partial charge in [-0.15, -0.1) is 0 Å². The zero-order valence-corrected chi connectivity index (χ0v) is 25.2. The van der Waals surface area contributed by atoms with Gasteiger partial charge in [-0.2, -0.15) is 0 Å². The van der Waals surface area contributed by atoms with Crippen molar-refractivity contribution in [2.45, 2.75) is 0 Å². The summed E-state index contributed by atoms with van der Waals surface area (Å²) in [5.41, 5.74) is 16.3. The second-order valence-electron chi connectivity index (χ2n) is 11.9. The molecule has 0 saturated carbocycles. The van der Waals surface area contributed by atoms with Gasteiger partial charge in [0, 0.05) is 27.8 Å². The average Bonchev–Trinajstić information content (AvgIpc) is 3.48. The first-order valence-electron chi connectivity index (χ1n) is 15.8. The molecule has 1 aromatic heterocycles. The summed E-state index contributed by atoms with van der Waals surface area (Å²) in [6, 6.07) is 63.2. The molecule has 46 heavy (non-hydrogen) atoms. The maximum absolute atomic E-state index is 5.70. The van der Waals surface area contributed by atoms with Gasteiger partial charge < -0.3 is 0 Å². The van der Waals surface area contributed by atoms with Crippen molar-refractivity contribution in [3.8, 4) is 78.1 Å². The Bertz CT molecular complexity index is 2310. The predicted molar refractivity (Wildman–Crippen MR) is 193 cm³/mol. The van der Waals surface area contributed by atoms with E-state index in [2.05, 4.69) is 176 Å². The van der Waals surface area contributed by atoms with Crippen LogP contribution in [0.5, 0.6) is 0 Å². The Morgan fingerprint density at radius 2 is 0.717 bits per heavy atom. The maximum atomic E-state index is 5.70. The Hall–Kier alpha value is -6.05. The fourth-order valence-corrected chi connectivity index (χ4v) is 7.13. The molecule has 0 N–H and O–H groups in total. The Morgan fingerprint density at radius 1 is 0.283 bits per heavy atom. The fourth-order valence-electron chi connectivity index (χ4n) is 7.13.